The Bertz CT molecular complexity index is 1870. The largest absolute Gasteiger partial charge is 0.457 e. The summed E-state index contributed by atoms with van der Waals surface area (Å²) in [5.41, 5.74) is 1.19. The van der Waals surface area contributed by atoms with Gasteiger partial charge in [-0.25, -0.2) is 14.6 Å². The van der Waals surface area contributed by atoms with E-state index in [1.807, 2.05) is 30.3 Å². The number of nitrogens with one attached hydrogen (secondary N) is 2. The number of esters is 2. The monoisotopic (exact) mass is 616 g/mol. The molecule has 12 heteroatoms. The van der Waals surface area contributed by atoms with Crippen LogP contribution in [0.5, 0.6) is 0 Å². The van der Waals surface area contributed by atoms with E-state index in [1.54, 1.807) is 48.9 Å². The minimum absolute atomic E-state index is 0.0237. The van der Waals surface area contributed by atoms with Crippen molar-refractivity contribution in [2.24, 2.45) is 5.92 Å². The lowest BCUT2D eigenvalue weighted by atomic mass is 9.85. The number of thiocarbonyl (C=S) groups is 1. The van der Waals surface area contributed by atoms with E-state index < -0.39 is 29.5 Å². The molecule has 3 aromatic heterocycles. The van der Waals surface area contributed by atoms with Crippen LogP contribution in [-0.4, -0.2) is 38.6 Å². The number of hydrogen-bond acceptors (Lipinski definition) is 9. The molecule has 6 rings (SSSR count). The van der Waals surface area contributed by atoms with Crippen LogP contribution in [0.4, 0.5) is 0 Å². The van der Waals surface area contributed by atoms with E-state index in [0.717, 1.165) is 16.5 Å². The Morgan fingerprint density at radius 3 is 2.70 bits per heavy atom. The second-order valence-electron chi connectivity index (χ2n) is 10.8. The molecule has 1 aromatic carbocycles. The molecule has 2 atom stereocenters. The molecule has 10 nitrogen and oxygen atoms in total. The summed E-state index contributed by atoms with van der Waals surface area (Å²) in [6.07, 6.45) is 0.0237. The summed E-state index contributed by atoms with van der Waals surface area (Å²) in [5, 5.41) is 8.10. The standard InChI is InChI=1S/C31H28N4O6S2/c1-4-31(41-28(38)24(16(2)3)33-30(42)34-26(36)23-10-7-11-43-23)20-13-22-25-18(12-17-8-5-6-9-21(17)32-25)14-35(22)27(37)19(20)15-40-29(31)39/h5-13,16,24H,4,14-15H2,1-3H3,(H2,33,34,36,42)/t24-,31-/m0/s1. The highest BCUT2D eigenvalue weighted by atomic mass is 32.1. The first-order valence-corrected chi connectivity index (χ1v) is 15.1. The molecule has 0 fully saturated rings. The van der Waals surface area contributed by atoms with Gasteiger partial charge in [0.1, 0.15) is 12.6 Å². The average Bonchev–Trinajstić information content (AvgIpc) is 3.65. The van der Waals surface area contributed by atoms with E-state index >= 15 is 0 Å². The third kappa shape index (κ3) is 4.90. The van der Waals surface area contributed by atoms with Crippen LogP contribution in [0.2, 0.25) is 0 Å². The summed E-state index contributed by atoms with van der Waals surface area (Å²) in [5.74, 6) is -2.29. The van der Waals surface area contributed by atoms with Crippen LogP contribution in [0.25, 0.3) is 22.3 Å². The highest BCUT2D eigenvalue weighted by Gasteiger charge is 2.51. The van der Waals surface area contributed by atoms with Gasteiger partial charge in [-0.3, -0.25) is 14.9 Å². The average molecular weight is 617 g/mol. The molecule has 0 saturated carbocycles. The van der Waals surface area contributed by atoms with Gasteiger partial charge in [-0.2, -0.15) is 0 Å². The number of rotatable bonds is 6. The second-order valence-corrected chi connectivity index (χ2v) is 12.2. The number of fused-ring (bicyclic) bond motifs is 5. The summed E-state index contributed by atoms with van der Waals surface area (Å²) in [4.78, 5) is 58.7. The van der Waals surface area contributed by atoms with Crippen molar-refractivity contribution in [3.63, 3.8) is 0 Å². The second kappa shape index (κ2) is 11.0. The summed E-state index contributed by atoms with van der Waals surface area (Å²) in [6, 6.07) is 13.8. The van der Waals surface area contributed by atoms with Crippen molar-refractivity contribution in [1.82, 2.24) is 20.2 Å². The third-order valence-corrected chi connectivity index (χ3v) is 8.93. The Morgan fingerprint density at radius 1 is 1.19 bits per heavy atom. The maximum atomic E-state index is 13.8. The predicted molar refractivity (Wildman–Crippen MR) is 165 cm³/mol. The number of aromatic nitrogens is 2. The smallest absolute Gasteiger partial charge is 0.355 e. The van der Waals surface area contributed by atoms with Crippen LogP contribution < -0.4 is 16.2 Å². The maximum Gasteiger partial charge on any atom is 0.355 e. The molecule has 0 spiro atoms. The molecule has 0 radical (unpaired) electrons. The number of pyridine rings is 2. The SMILES string of the molecule is CC[C@@]1(OC(=O)[C@@H](NC(=S)NC(=O)c2cccs2)C(C)C)C(=O)OCc2c1cc1n(c2=O)Cc2cc3ccccc3nc2-1. The fraction of sp³-hybridized carbons (Fsp3) is 0.290. The van der Waals surface area contributed by atoms with Crippen LogP contribution >= 0.6 is 23.6 Å². The minimum Gasteiger partial charge on any atom is -0.457 e. The van der Waals surface area contributed by atoms with Crippen molar-refractivity contribution < 1.29 is 23.9 Å². The molecule has 4 aromatic rings. The van der Waals surface area contributed by atoms with Gasteiger partial charge in [0.05, 0.1) is 33.9 Å². The zero-order valence-corrected chi connectivity index (χ0v) is 25.3. The fourth-order valence-electron chi connectivity index (χ4n) is 5.57. The van der Waals surface area contributed by atoms with E-state index in [4.69, 9.17) is 26.7 Å². The normalized spacial score (nSPS) is 17.4. The Morgan fingerprint density at radius 2 is 1.98 bits per heavy atom. The molecular formula is C31H28N4O6S2. The summed E-state index contributed by atoms with van der Waals surface area (Å²) in [6.45, 7) is 5.34. The lowest BCUT2D eigenvalue weighted by Crippen LogP contribution is -2.54. The van der Waals surface area contributed by atoms with Crippen molar-refractivity contribution in [3.8, 4) is 11.4 Å². The number of para-hydroxylation sites is 1. The molecule has 0 saturated heterocycles. The summed E-state index contributed by atoms with van der Waals surface area (Å²) < 4.78 is 13.1. The zero-order chi connectivity index (χ0) is 30.5. The van der Waals surface area contributed by atoms with E-state index in [0.29, 0.717) is 22.8 Å². The van der Waals surface area contributed by atoms with Crippen LogP contribution in [0, 0.1) is 5.92 Å². The fourth-order valence-corrected chi connectivity index (χ4v) is 6.40. The molecule has 220 valence electrons. The number of nitrogens with zero attached hydrogens (tertiary/aromatic N) is 2. The molecule has 1 amide bonds. The molecule has 2 aliphatic rings. The van der Waals surface area contributed by atoms with Gasteiger partial charge in [0.2, 0.25) is 5.60 Å². The third-order valence-electron chi connectivity index (χ3n) is 7.84. The van der Waals surface area contributed by atoms with Gasteiger partial charge in [0.25, 0.3) is 11.5 Å². The minimum atomic E-state index is -1.87. The van der Waals surface area contributed by atoms with Gasteiger partial charge in [0.15, 0.2) is 5.11 Å². The summed E-state index contributed by atoms with van der Waals surface area (Å²) in [7, 11) is 0. The van der Waals surface area contributed by atoms with E-state index in [1.165, 1.54) is 11.3 Å². The number of carbonyl (C=O) groups is 3. The number of amides is 1. The highest BCUT2D eigenvalue weighted by Crippen LogP contribution is 2.41. The van der Waals surface area contributed by atoms with Gasteiger partial charge in [0, 0.05) is 16.5 Å². The number of thiophene rings is 1. The zero-order valence-electron chi connectivity index (χ0n) is 23.6. The molecule has 0 aliphatic carbocycles. The van der Waals surface area contributed by atoms with E-state index in [2.05, 4.69) is 10.6 Å². The molecule has 0 unspecified atom stereocenters. The first-order valence-electron chi connectivity index (χ1n) is 13.8. The predicted octanol–water partition coefficient (Wildman–Crippen LogP) is 4.02. The number of hydrogen-bond donors (Lipinski definition) is 2. The topological polar surface area (TPSA) is 129 Å². The molecule has 43 heavy (non-hydrogen) atoms. The Kier molecular flexibility index (Phi) is 7.35. The van der Waals surface area contributed by atoms with Crippen LogP contribution in [-0.2, 0) is 37.8 Å². The van der Waals surface area contributed by atoms with Gasteiger partial charge in [-0.05, 0) is 54.2 Å². The first-order chi connectivity index (χ1) is 20.6. The van der Waals surface area contributed by atoms with Crippen molar-refractivity contribution in [2.75, 3.05) is 0 Å². The maximum absolute atomic E-state index is 13.8. The first kappa shape index (κ1) is 28.7. The van der Waals surface area contributed by atoms with Crippen molar-refractivity contribution in [1.29, 1.82) is 0 Å². The molecule has 0 bridgehead atoms. The van der Waals surface area contributed by atoms with E-state index in [-0.39, 0.29) is 40.7 Å². The van der Waals surface area contributed by atoms with Gasteiger partial charge >= 0.3 is 11.9 Å². The molecule has 2 aliphatic heterocycles. The Balaban J connectivity index is 1.35. The lowest BCUT2D eigenvalue weighted by Gasteiger charge is -2.37. The van der Waals surface area contributed by atoms with Crippen LogP contribution in [0.15, 0.2) is 58.7 Å². The van der Waals surface area contributed by atoms with Crippen molar-refractivity contribution in [2.45, 2.75) is 52.0 Å². The summed E-state index contributed by atoms with van der Waals surface area (Å²) >= 11 is 6.57. The molecular weight excluding hydrogens is 588 g/mol. The quantitative estimate of drug-likeness (QED) is 0.215. The Hall–Kier alpha value is -4.42. The number of cyclic esters (lactones) is 1. The van der Waals surface area contributed by atoms with Crippen molar-refractivity contribution >= 4 is 57.4 Å². The van der Waals surface area contributed by atoms with Gasteiger partial charge in [-0.15, -0.1) is 11.3 Å². The molecule has 5 heterocycles. The van der Waals surface area contributed by atoms with E-state index in [9.17, 15) is 19.2 Å². The highest BCUT2D eigenvalue weighted by molar-refractivity contribution is 7.80. The van der Waals surface area contributed by atoms with Crippen LogP contribution in [0.3, 0.4) is 0 Å². The van der Waals surface area contributed by atoms with Crippen LogP contribution in [0.1, 0.15) is 53.6 Å². The van der Waals surface area contributed by atoms with Gasteiger partial charge in [-0.1, -0.05) is 45.0 Å². The Labute approximate surface area is 256 Å². The molecule has 2 N–H and O–H groups in total. The van der Waals surface area contributed by atoms with Gasteiger partial charge < -0.3 is 19.4 Å². The number of carbonyl (C=O) groups excluding carboxylic acids is 3. The van der Waals surface area contributed by atoms with Crippen molar-refractivity contribution in [3.05, 3.63) is 85.8 Å². The number of ether oxygens (including phenoxy) is 2. The lowest BCUT2D eigenvalue weighted by molar-refractivity contribution is -0.191. The number of benzene rings is 1.